The predicted octanol–water partition coefficient (Wildman–Crippen LogP) is 2.08. The van der Waals surface area contributed by atoms with Gasteiger partial charge >= 0.3 is 5.97 Å². The van der Waals surface area contributed by atoms with Crippen molar-refractivity contribution in [3.63, 3.8) is 0 Å². The van der Waals surface area contributed by atoms with Gasteiger partial charge in [0, 0.05) is 18.0 Å². The largest absolute Gasteiger partial charge is 0.469 e. The zero-order valence-electron chi connectivity index (χ0n) is 10.6. The normalized spacial score (nSPS) is 19.7. The lowest BCUT2D eigenvalue weighted by molar-refractivity contribution is -0.146. The Kier molecular flexibility index (Phi) is 4.01. The van der Waals surface area contributed by atoms with Crippen LogP contribution in [0.1, 0.15) is 27.4 Å². The highest BCUT2D eigenvalue weighted by molar-refractivity contribution is 7.13. The Morgan fingerprint density at radius 3 is 2.83 bits per heavy atom. The monoisotopic (exact) mass is 267 g/mol. The number of carbonyl (C=O) groups excluding carboxylic acids is 2. The number of methoxy groups -OCH3 is 1. The van der Waals surface area contributed by atoms with Crippen LogP contribution in [0, 0.1) is 12.8 Å². The average molecular weight is 267 g/mol. The van der Waals surface area contributed by atoms with Crippen molar-refractivity contribution in [3.05, 3.63) is 21.9 Å². The lowest BCUT2D eigenvalue weighted by Crippen LogP contribution is -2.42. The quantitative estimate of drug-likeness (QED) is 0.771. The lowest BCUT2D eigenvalue weighted by Gasteiger charge is -2.31. The van der Waals surface area contributed by atoms with Gasteiger partial charge in [0.25, 0.3) is 5.91 Å². The molecule has 0 radical (unpaired) electrons. The van der Waals surface area contributed by atoms with Gasteiger partial charge in [-0.05, 0) is 31.9 Å². The number of nitrogens with zero attached hydrogens (tertiary/aromatic N) is 1. The highest BCUT2D eigenvalue weighted by Gasteiger charge is 2.29. The van der Waals surface area contributed by atoms with Crippen LogP contribution in [0.25, 0.3) is 0 Å². The topological polar surface area (TPSA) is 46.6 Å². The van der Waals surface area contributed by atoms with Crippen molar-refractivity contribution >= 4 is 23.2 Å². The molecule has 0 bridgehead atoms. The number of likely N-dealkylation sites (tertiary alicyclic amines) is 1. The molecular formula is C13H17NO3S. The van der Waals surface area contributed by atoms with E-state index in [9.17, 15) is 9.59 Å². The Morgan fingerprint density at radius 1 is 1.44 bits per heavy atom. The summed E-state index contributed by atoms with van der Waals surface area (Å²) in [6, 6.07) is 3.80. The van der Waals surface area contributed by atoms with Crippen LogP contribution in [0.4, 0.5) is 0 Å². The first kappa shape index (κ1) is 13.1. The van der Waals surface area contributed by atoms with E-state index in [-0.39, 0.29) is 17.8 Å². The minimum atomic E-state index is -0.213. The van der Waals surface area contributed by atoms with E-state index in [2.05, 4.69) is 0 Å². The van der Waals surface area contributed by atoms with E-state index in [1.54, 1.807) is 4.90 Å². The molecular weight excluding hydrogens is 250 g/mol. The maximum atomic E-state index is 12.3. The van der Waals surface area contributed by atoms with Gasteiger partial charge in [0.1, 0.15) is 0 Å². The molecule has 0 spiro atoms. The van der Waals surface area contributed by atoms with Crippen LogP contribution in [0.15, 0.2) is 12.1 Å². The zero-order chi connectivity index (χ0) is 13.1. The highest BCUT2D eigenvalue weighted by atomic mass is 32.1. The number of ether oxygens (including phenoxy) is 1. The minimum absolute atomic E-state index is 0.0294. The number of amides is 1. The van der Waals surface area contributed by atoms with Crippen LogP contribution in [0.5, 0.6) is 0 Å². The molecule has 1 aromatic heterocycles. The Bertz CT molecular complexity index is 455. The molecule has 2 rings (SSSR count). The predicted molar refractivity (Wildman–Crippen MR) is 69.7 cm³/mol. The first-order chi connectivity index (χ1) is 8.61. The van der Waals surface area contributed by atoms with E-state index >= 15 is 0 Å². The number of hydrogen-bond donors (Lipinski definition) is 0. The first-order valence-electron chi connectivity index (χ1n) is 6.05. The van der Waals surface area contributed by atoms with Crippen molar-refractivity contribution in [1.29, 1.82) is 0 Å². The summed E-state index contributed by atoms with van der Waals surface area (Å²) in [5.74, 6) is -0.356. The molecule has 1 aliphatic heterocycles. The summed E-state index contributed by atoms with van der Waals surface area (Å²) in [5, 5.41) is 0. The summed E-state index contributed by atoms with van der Waals surface area (Å²) < 4.78 is 4.75. The number of rotatable bonds is 2. The maximum absolute atomic E-state index is 12.3. The molecule has 0 unspecified atom stereocenters. The van der Waals surface area contributed by atoms with E-state index in [4.69, 9.17) is 4.74 Å². The van der Waals surface area contributed by atoms with E-state index < -0.39 is 0 Å². The fourth-order valence-electron chi connectivity index (χ4n) is 2.23. The smallest absolute Gasteiger partial charge is 0.310 e. The van der Waals surface area contributed by atoms with Crippen molar-refractivity contribution in [1.82, 2.24) is 4.90 Å². The molecule has 1 atom stereocenters. The molecule has 1 saturated heterocycles. The molecule has 2 heterocycles. The molecule has 18 heavy (non-hydrogen) atoms. The third-order valence-electron chi connectivity index (χ3n) is 3.19. The van der Waals surface area contributed by atoms with Crippen LogP contribution < -0.4 is 0 Å². The second kappa shape index (κ2) is 5.52. The minimum Gasteiger partial charge on any atom is -0.469 e. The number of aryl methyl sites for hydroxylation is 1. The van der Waals surface area contributed by atoms with Crippen LogP contribution in [0.3, 0.4) is 0 Å². The van der Waals surface area contributed by atoms with Crippen molar-refractivity contribution < 1.29 is 14.3 Å². The third kappa shape index (κ3) is 2.72. The molecule has 0 saturated carbocycles. The van der Waals surface area contributed by atoms with E-state index in [1.165, 1.54) is 18.4 Å². The van der Waals surface area contributed by atoms with Gasteiger partial charge in [-0.15, -0.1) is 11.3 Å². The average Bonchev–Trinajstić information content (AvgIpc) is 2.83. The zero-order valence-corrected chi connectivity index (χ0v) is 11.5. The molecule has 98 valence electrons. The first-order valence-corrected chi connectivity index (χ1v) is 6.87. The van der Waals surface area contributed by atoms with Gasteiger partial charge in [-0.25, -0.2) is 0 Å². The van der Waals surface area contributed by atoms with Gasteiger partial charge in [-0.2, -0.15) is 0 Å². The molecule has 1 amide bonds. The van der Waals surface area contributed by atoms with Gasteiger partial charge in [0.15, 0.2) is 0 Å². The van der Waals surface area contributed by atoms with Crippen LogP contribution in [-0.4, -0.2) is 37.0 Å². The van der Waals surface area contributed by atoms with Crippen LogP contribution in [0.2, 0.25) is 0 Å². The fraction of sp³-hybridized carbons (Fsp3) is 0.538. The summed E-state index contributed by atoms with van der Waals surface area (Å²) in [5.41, 5.74) is 0. The standard InChI is InChI=1S/C13H17NO3S/c1-9-5-6-11(18-9)12(15)14-7-3-4-10(8-14)13(16)17-2/h5-6,10H,3-4,7-8H2,1-2H3/t10-/m0/s1. The summed E-state index contributed by atoms with van der Waals surface area (Å²) in [4.78, 5) is 27.4. The third-order valence-corrected chi connectivity index (χ3v) is 4.18. The second-order valence-electron chi connectivity index (χ2n) is 4.52. The van der Waals surface area contributed by atoms with Gasteiger partial charge in [-0.3, -0.25) is 9.59 Å². The number of carbonyl (C=O) groups is 2. The molecule has 0 N–H and O–H groups in total. The Balaban J connectivity index is 2.05. The molecule has 0 aliphatic carbocycles. The molecule has 4 nitrogen and oxygen atoms in total. The molecule has 5 heteroatoms. The van der Waals surface area contributed by atoms with Crippen molar-refractivity contribution in [2.45, 2.75) is 19.8 Å². The van der Waals surface area contributed by atoms with E-state index in [0.717, 1.165) is 29.1 Å². The second-order valence-corrected chi connectivity index (χ2v) is 5.81. The fourth-order valence-corrected chi connectivity index (χ4v) is 3.06. The molecule has 1 fully saturated rings. The number of thiophene rings is 1. The van der Waals surface area contributed by atoms with E-state index in [0.29, 0.717) is 6.54 Å². The van der Waals surface area contributed by atoms with Crippen molar-refractivity contribution in [2.24, 2.45) is 5.92 Å². The van der Waals surface area contributed by atoms with Crippen LogP contribution in [-0.2, 0) is 9.53 Å². The Labute approximate surface area is 111 Å². The number of hydrogen-bond acceptors (Lipinski definition) is 4. The van der Waals surface area contributed by atoms with E-state index in [1.807, 2.05) is 19.1 Å². The Hall–Kier alpha value is -1.36. The van der Waals surface area contributed by atoms with Crippen LogP contribution >= 0.6 is 11.3 Å². The molecule has 1 aromatic rings. The molecule has 0 aromatic carbocycles. The summed E-state index contributed by atoms with van der Waals surface area (Å²) >= 11 is 1.50. The maximum Gasteiger partial charge on any atom is 0.310 e. The summed E-state index contributed by atoms with van der Waals surface area (Å²) in [6.45, 7) is 3.18. The highest BCUT2D eigenvalue weighted by Crippen LogP contribution is 2.22. The summed E-state index contributed by atoms with van der Waals surface area (Å²) in [7, 11) is 1.39. The lowest BCUT2D eigenvalue weighted by atomic mass is 9.98. The summed E-state index contributed by atoms with van der Waals surface area (Å²) in [6.07, 6.45) is 1.66. The molecule has 1 aliphatic rings. The van der Waals surface area contributed by atoms with Gasteiger partial charge in [0.05, 0.1) is 17.9 Å². The SMILES string of the molecule is COC(=O)[C@H]1CCCN(C(=O)c2ccc(C)s2)C1. The van der Waals surface area contributed by atoms with Gasteiger partial charge in [-0.1, -0.05) is 0 Å². The number of piperidine rings is 1. The van der Waals surface area contributed by atoms with Gasteiger partial charge < -0.3 is 9.64 Å². The number of esters is 1. The Morgan fingerprint density at radius 2 is 2.22 bits per heavy atom. The van der Waals surface area contributed by atoms with Crippen molar-refractivity contribution in [3.8, 4) is 0 Å². The van der Waals surface area contributed by atoms with Gasteiger partial charge in [0.2, 0.25) is 0 Å². The van der Waals surface area contributed by atoms with Crippen molar-refractivity contribution in [2.75, 3.05) is 20.2 Å².